The van der Waals surface area contributed by atoms with Crippen LogP contribution in [0.5, 0.6) is 0 Å². The molecule has 0 saturated heterocycles. The van der Waals surface area contributed by atoms with Crippen molar-refractivity contribution >= 4 is 22.6 Å². The first-order valence-electron chi connectivity index (χ1n) is 9.31. The molecule has 0 bridgehead atoms. The van der Waals surface area contributed by atoms with Gasteiger partial charge in [0.15, 0.2) is 5.82 Å². The molecule has 1 heterocycles. The van der Waals surface area contributed by atoms with E-state index in [2.05, 4.69) is 10.4 Å². The quantitative estimate of drug-likeness (QED) is 0.473. The normalized spacial score (nSPS) is 11.6. The van der Waals surface area contributed by atoms with Crippen molar-refractivity contribution in [2.75, 3.05) is 5.32 Å². The van der Waals surface area contributed by atoms with Crippen LogP contribution in [-0.4, -0.2) is 15.7 Å². The molecule has 152 valence electrons. The molecule has 1 aromatic heterocycles. The molecular formula is C23H18F3N3O. The lowest BCUT2D eigenvalue weighted by Crippen LogP contribution is -2.14. The Morgan fingerprint density at radius 1 is 0.967 bits per heavy atom. The summed E-state index contributed by atoms with van der Waals surface area (Å²) in [6.45, 7) is 2.13. The fourth-order valence-electron chi connectivity index (χ4n) is 3.31. The molecule has 3 aromatic carbocycles. The van der Waals surface area contributed by atoms with Crippen LogP contribution in [0.15, 0.2) is 72.8 Å². The van der Waals surface area contributed by atoms with E-state index >= 15 is 0 Å². The second-order valence-corrected chi connectivity index (χ2v) is 6.99. The third kappa shape index (κ3) is 3.91. The van der Waals surface area contributed by atoms with Gasteiger partial charge in [-0.25, -0.2) is 0 Å². The Labute approximate surface area is 171 Å². The second kappa shape index (κ2) is 7.67. The zero-order chi connectivity index (χ0) is 21.3. The van der Waals surface area contributed by atoms with E-state index in [-0.39, 0.29) is 12.5 Å². The highest BCUT2D eigenvalue weighted by Gasteiger charge is 2.30. The van der Waals surface area contributed by atoms with E-state index in [1.807, 2.05) is 43.3 Å². The summed E-state index contributed by atoms with van der Waals surface area (Å²) in [5.74, 6) is 0.142. The molecule has 1 amide bonds. The number of hydrogen-bond donors (Lipinski definition) is 1. The van der Waals surface area contributed by atoms with Gasteiger partial charge in [-0.1, -0.05) is 42.5 Å². The van der Waals surface area contributed by atoms with Gasteiger partial charge in [0.2, 0.25) is 0 Å². The van der Waals surface area contributed by atoms with Gasteiger partial charge in [-0.15, -0.1) is 0 Å². The van der Waals surface area contributed by atoms with Gasteiger partial charge in [0.1, 0.15) is 0 Å². The fourth-order valence-corrected chi connectivity index (χ4v) is 3.31. The number of anilines is 1. The van der Waals surface area contributed by atoms with Gasteiger partial charge in [0.25, 0.3) is 5.91 Å². The van der Waals surface area contributed by atoms with Gasteiger partial charge < -0.3 is 5.32 Å². The average molecular weight is 409 g/mol. The highest BCUT2D eigenvalue weighted by Crippen LogP contribution is 2.30. The summed E-state index contributed by atoms with van der Waals surface area (Å²) in [5.41, 5.74) is 2.16. The third-order valence-electron chi connectivity index (χ3n) is 4.89. The number of halogens is 3. The fraction of sp³-hybridized carbons (Fsp3) is 0.130. The summed E-state index contributed by atoms with van der Waals surface area (Å²) in [6.07, 6.45) is -4.37. The Kier molecular flexibility index (Phi) is 5.03. The summed E-state index contributed by atoms with van der Waals surface area (Å²) >= 11 is 0. The predicted octanol–water partition coefficient (Wildman–Crippen LogP) is 5.66. The SMILES string of the molecule is Cc1ccccc1C(=O)Nc1nn(Cc2ccc(C(F)(F)F)cc2)c2ccccc12. The van der Waals surface area contributed by atoms with Crippen molar-refractivity contribution in [3.63, 3.8) is 0 Å². The molecule has 0 atom stereocenters. The van der Waals surface area contributed by atoms with Gasteiger partial charge >= 0.3 is 6.18 Å². The van der Waals surface area contributed by atoms with Crippen LogP contribution < -0.4 is 5.32 Å². The molecule has 0 saturated carbocycles. The van der Waals surface area contributed by atoms with Crippen molar-refractivity contribution in [2.45, 2.75) is 19.6 Å². The van der Waals surface area contributed by atoms with Crippen LogP contribution in [0.3, 0.4) is 0 Å². The van der Waals surface area contributed by atoms with Gasteiger partial charge in [-0.05, 0) is 48.4 Å². The first-order valence-corrected chi connectivity index (χ1v) is 9.31. The molecule has 4 nitrogen and oxygen atoms in total. The molecular weight excluding hydrogens is 391 g/mol. The molecule has 0 unspecified atom stereocenters. The van der Waals surface area contributed by atoms with E-state index in [0.29, 0.717) is 16.9 Å². The number of para-hydroxylation sites is 1. The van der Waals surface area contributed by atoms with Crippen molar-refractivity contribution < 1.29 is 18.0 Å². The number of nitrogens with zero attached hydrogens (tertiary/aromatic N) is 2. The van der Waals surface area contributed by atoms with E-state index < -0.39 is 11.7 Å². The maximum absolute atomic E-state index is 12.8. The van der Waals surface area contributed by atoms with Crippen molar-refractivity contribution in [3.05, 3.63) is 95.1 Å². The molecule has 7 heteroatoms. The third-order valence-corrected chi connectivity index (χ3v) is 4.89. The number of nitrogens with one attached hydrogen (secondary N) is 1. The van der Waals surface area contributed by atoms with Crippen LogP contribution in [0, 0.1) is 6.92 Å². The Hall–Kier alpha value is -3.61. The number of aryl methyl sites for hydroxylation is 1. The highest BCUT2D eigenvalue weighted by atomic mass is 19.4. The van der Waals surface area contributed by atoms with Crippen molar-refractivity contribution in [1.82, 2.24) is 9.78 Å². The van der Waals surface area contributed by atoms with Crippen LogP contribution in [-0.2, 0) is 12.7 Å². The van der Waals surface area contributed by atoms with Crippen LogP contribution >= 0.6 is 0 Å². The number of aromatic nitrogens is 2. The Morgan fingerprint density at radius 3 is 2.33 bits per heavy atom. The minimum atomic E-state index is -4.37. The summed E-state index contributed by atoms with van der Waals surface area (Å²) < 4.78 is 40.0. The van der Waals surface area contributed by atoms with Gasteiger partial charge in [0, 0.05) is 10.9 Å². The van der Waals surface area contributed by atoms with E-state index in [4.69, 9.17) is 0 Å². The summed E-state index contributed by atoms with van der Waals surface area (Å²) in [4.78, 5) is 12.7. The van der Waals surface area contributed by atoms with Gasteiger partial charge in [-0.2, -0.15) is 18.3 Å². The second-order valence-electron chi connectivity index (χ2n) is 6.99. The topological polar surface area (TPSA) is 46.9 Å². The number of fused-ring (bicyclic) bond motifs is 1. The molecule has 30 heavy (non-hydrogen) atoms. The Bertz CT molecular complexity index is 1210. The standard InChI is InChI=1S/C23H18F3N3O/c1-15-6-2-3-7-18(15)22(30)27-21-19-8-4-5-9-20(19)29(28-21)14-16-10-12-17(13-11-16)23(24,25)26/h2-13H,14H2,1H3,(H,27,28,30). The molecule has 0 fully saturated rings. The minimum absolute atomic E-state index is 0.266. The lowest BCUT2D eigenvalue weighted by Gasteiger charge is -2.08. The molecule has 0 aliphatic rings. The predicted molar refractivity (Wildman–Crippen MR) is 109 cm³/mol. The molecule has 1 N–H and O–H groups in total. The van der Waals surface area contributed by atoms with E-state index in [1.165, 1.54) is 12.1 Å². The summed E-state index contributed by atoms with van der Waals surface area (Å²) in [6, 6.07) is 19.6. The number of carbonyl (C=O) groups excluding carboxylic acids is 1. The molecule has 4 rings (SSSR count). The number of amides is 1. The van der Waals surface area contributed by atoms with E-state index in [0.717, 1.165) is 28.6 Å². The van der Waals surface area contributed by atoms with Crippen molar-refractivity contribution in [1.29, 1.82) is 0 Å². The number of rotatable bonds is 4. The van der Waals surface area contributed by atoms with Crippen molar-refractivity contribution in [2.24, 2.45) is 0 Å². The smallest absolute Gasteiger partial charge is 0.305 e. The number of benzene rings is 3. The molecule has 0 aliphatic heterocycles. The number of alkyl halides is 3. The number of hydrogen-bond acceptors (Lipinski definition) is 2. The first kappa shape index (κ1) is 19.7. The van der Waals surface area contributed by atoms with Crippen LogP contribution in [0.4, 0.5) is 19.0 Å². The largest absolute Gasteiger partial charge is 0.416 e. The summed E-state index contributed by atoms with van der Waals surface area (Å²) in [7, 11) is 0. The zero-order valence-corrected chi connectivity index (χ0v) is 16.1. The molecule has 0 spiro atoms. The zero-order valence-electron chi connectivity index (χ0n) is 16.1. The minimum Gasteiger partial charge on any atom is -0.305 e. The van der Waals surface area contributed by atoms with E-state index in [9.17, 15) is 18.0 Å². The van der Waals surface area contributed by atoms with Crippen LogP contribution in [0.1, 0.15) is 27.0 Å². The average Bonchev–Trinajstić information content (AvgIpc) is 3.05. The Morgan fingerprint density at radius 2 is 1.63 bits per heavy atom. The van der Waals surface area contributed by atoms with E-state index in [1.54, 1.807) is 16.8 Å². The summed E-state index contributed by atoms with van der Waals surface area (Å²) in [5, 5.41) is 8.13. The van der Waals surface area contributed by atoms with Gasteiger partial charge in [-0.3, -0.25) is 9.48 Å². The first-order chi connectivity index (χ1) is 14.3. The van der Waals surface area contributed by atoms with Crippen LogP contribution in [0.2, 0.25) is 0 Å². The lowest BCUT2D eigenvalue weighted by atomic mass is 10.1. The number of carbonyl (C=O) groups is 1. The van der Waals surface area contributed by atoms with Crippen LogP contribution in [0.25, 0.3) is 10.9 Å². The molecule has 0 radical (unpaired) electrons. The maximum Gasteiger partial charge on any atom is 0.416 e. The lowest BCUT2D eigenvalue weighted by molar-refractivity contribution is -0.137. The van der Waals surface area contributed by atoms with Crippen molar-refractivity contribution in [3.8, 4) is 0 Å². The highest BCUT2D eigenvalue weighted by molar-refractivity contribution is 6.08. The monoisotopic (exact) mass is 409 g/mol. The van der Waals surface area contributed by atoms with Gasteiger partial charge in [0.05, 0.1) is 17.6 Å². The Balaban J connectivity index is 1.64. The molecule has 0 aliphatic carbocycles. The maximum atomic E-state index is 12.8. The molecule has 4 aromatic rings.